The van der Waals surface area contributed by atoms with Gasteiger partial charge in [-0.2, -0.15) is 4.31 Å². The zero-order valence-corrected chi connectivity index (χ0v) is 28.0. The first-order valence-corrected chi connectivity index (χ1v) is 17.2. The molecule has 4 aromatic rings. The molecule has 1 aromatic heterocycles. The van der Waals surface area contributed by atoms with Crippen molar-refractivity contribution >= 4 is 33.2 Å². The van der Waals surface area contributed by atoms with Crippen molar-refractivity contribution in [1.29, 1.82) is 0 Å². The summed E-state index contributed by atoms with van der Waals surface area (Å²) >= 11 is 1.45. The number of nitrogens with one attached hydrogen (secondary N) is 2. The Kier molecular flexibility index (Phi) is 12.1. The van der Waals surface area contributed by atoms with E-state index in [0.29, 0.717) is 11.3 Å². The van der Waals surface area contributed by atoms with E-state index < -0.39 is 28.1 Å². The minimum atomic E-state index is -3.99. The molecular formula is C34H40N4O6S2. The van der Waals surface area contributed by atoms with Crippen LogP contribution < -0.4 is 15.4 Å². The van der Waals surface area contributed by atoms with Gasteiger partial charge in [0.15, 0.2) is 0 Å². The van der Waals surface area contributed by atoms with Crippen LogP contribution in [0.15, 0.2) is 89.1 Å². The van der Waals surface area contributed by atoms with Crippen LogP contribution >= 0.6 is 11.3 Å². The fourth-order valence-corrected chi connectivity index (χ4v) is 7.19. The Hall–Kier alpha value is -4.10. The molecule has 1 heterocycles. The molecule has 244 valence electrons. The van der Waals surface area contributed by atoms with Crippen LogP contribution in [0.3, 0.4) is 0 Å². The Morgan fingerprint density at radius 2 is 1.63 bits per heavy atom. The molecule has 3 aromatic carbocycles. The first-order chi connectivity index (χ1) is 22.0. The number of amides is 2. The molecule has 2 amide bonds. The highest BCUT2D eigenvalue weighted by Crippen LogP contribution is 2.22. The molecule has 0 aliphatic rings. The van der Waals surface area contributed by atoms with Crippen LogP contribution in [-0.4, -0.2) is 67.0 Å². The van der Waals surface area contributed by atoms with Gasteiger partial charge in [0.25, 0.3) is 11.8 Å². The quantitative estimate of drug-likeness (QED) is 0.171. The molecule has 0 aliphatic heterocycles. The number of sulfonamides is 1. The van der Waals surface area contributed by atoms with Crippen molar-refractivity contribution in [1.82, 2.24) is 19.9 Å². The number of ether oxygens (including phenoxy) is 1. The van der Waals surface area contributed by atoms with Crippen molar-refractivity contribution in [3.8, 4) is 5.75 Å². The van der Waals surface area contributed by atoms with Crippen LogP contribution in [0.5, 0.6) is 5.75 Å². The molecule has 10 nitrogen and oxygen atoms in total. The van der Waals surface area contributed by atoms with Crippen LogP contribution in [-0.2, 0) is 23.0 Å². The largest absolute Gasteiger partial charge is 0.497 e. The average Bonchev–Trinajstić information content (AvgIpc) is 3.48. The number of rotatable bonds is 15. The van der Waals surface area contributed by atoms with Gasteiger partial charge in [0.05, 0.1) is 30.7 Å². The van der Waals surface area contributed by atoms with Gasteiger partial charge < -0.3 is 20.5 Å². The molecule has 0 aliphatic carbocycles. The van der Waals surface area contributed by atoms with E-state index in [1.165, 1.54) is 41.0 Å². The second-order valence-corrected chi connectivity index (χ2v) is 14.3. The van der Waals surface area contributed by atoms with Gasteiger partial charge in [-0.3, -0.25) is 9.59 Å². The van der Waals surface area contributed by atoms with Crippen LogP contribution in [0.25, 0.3) is 0 Å². The van der Waals surface area contributed by atoms with Crippen LogP contribution in [0.4, 0.5) is 0 Å². The highest BCUT2D eigenvalue weighted by molar-refractivity contribution is 7.89. The highest BCUT2D eigenvalue weighted by atomic mass is 32.2. The van der Waals surface area contributed by atoms with E-state index in [1.54, 1.807) is 30.3 Å². The van der Waals surface area contributed by atoms with Crippen LogP contribution in [0, 0.1) is 12.8 Å². The van der Waals surface area contributed by atoms with E-state index in [9.17, 15) is 23.1 Å². The first kappa shape index (κ1) is 34.8. The number of hydrogen-bond acceptors (Lipinski definition) is 8. The molecular weight excluding hydrogens is 625 g/mol. The zero-order valence-electron chi connectivity index (χ0n) is 26.3. The smallest absolute Gasteiger partial charge is 0.251 e. The predicted octanol–water partition coefficient (Wildman–Crippen LogP) is 4.44. The number of nitrogens with zero attached hydrogens (tertiary/aromatic N) is 2. The summed E-state index contributed by atoms with van der Waals surface area (Å²) in [5.74, 6) is -0.359. The minimum absolute atomic E-state index is 0.0316. The lowest BCUT2D eigenvalue weighted by Crippen LogP contribution is -2.51. The van der Waals surface area contributed by atoms with Gasteiger partial charge in [0, 0.05) is 35.3 Å². The van der Waals surface area contributed by atoms with Crippen molar-refractivity contribution in [2.24, 2.45) is 5.92 Å². The third-order valence-electron chi connectivity index (χ3n) is 7.19. The number of aryl methyl sites for hydroxylation is 1. The number of aliphatic hydroxyl groups excluding tert-OH is 1. The minimum Gasteiger partial charge on any atom is -0.497 e. The van der Waals surface area contributed by atoms with Gasteiger partial charge in [-0.1, -0.05) is 50.2 Å². The van der Waals surface area contributed by atoms with Crippen LogP contribution in [0.2, 0.25) is 0 Å². The first-order valence-electron chi connectivity index (χ1n) is 14.9. The molecule has 46 heavy (non-hydrogen) atoms. The maximum Gasteiger partial charge on any atom is 0.251 e. The number of hydrogen-bond donors (Lipinski definition) is 3. The second kappa shape index (κ2) is 15.9. The van der Waals surface area contributed by atoms with Gasteiger partial charge in [-0.05, 0) is 67.3 Å². The van der Waals surface area contributed by atoms with E-state index in [4.69, 9.17) is 4.74 Å². The molecule has 2 atom stereocenters. The summed E-state index contributed by atoms with van der Waals surface area (Å²) in [4.78, 5) is 30.8. The van der Waals surface area contributed by atoms with Crippen molar-refractivity contribution < 1.29 is 27.9 Å². The molecule has 0 saturated heterocycles. The maximum absolute atomic E-state index is 13.7. The normalized spacial score (nSPS) is 12.9. The summed E-state index contributed by atoms with van der Waals surface area (Å²) in [5.41, 5.74) is 2.26. The number of benzene rings is 3. The molecule has 12 heteroatoms. The Balaban J connectivity index is 1.54. The average molecular weight is 665 g/mol. The van der Waals surface area contributed by atoms with E-state index >= 15 is 0 Å². The third kappa shape index (κ3) is 9.46. The summed E-state index contributed by atoms with van der Waals surface area (Å²) in [5, 5.41) is 20.0. The predicted molar refractivity (Wildman–Crippen MR) is 178 cm³/mol. The van der Waals surface area contributed by atoms with Crippen molar-refractivity contribution in [2.45, 2.75) is 50.8 Å². The maximum atomic E-state index is 13.7. The van der Waals surface area contributed by atoms with E-state index in [-0.39, 0.29) is 48.3 Å². The molecule has 3 N–H and O–H groups in total. The van der Waals surface area contributed by atoms with Gasteiger partial charge in [0.1, 0.15) is 10.8 Å². The van der Waals surface area contributed by atoms with E-state index in [0.717, 1.165) is 16.3 Å². The van der Waals surface area contributed by atoms with Crippen molar-refractivity contribution in [2.75, 3.05) is 20.2 Å². The van der Waals surface area contributed by atoms with Gasteiger partial charge in [-0.25, -0.2) is 13.4 Å². The Labute approximate surface area is 274 Å². The number of carbonyl (C=O) groups is 2. The Morgan fingerprint density at radius 1 is 0.957 bits per heavy atom. The molecule has 0 fully saturated rings. The van der Waals surface area contributed by atoms with E-state index in [2.05, 4.69) is 15.6 Å². The number of aromatic nitrogens is 1. The molecule has 0 unspecified atom stereocenters. The lowest BCUT2D eigenvalue weighted by atomic mass is 10.00. The van der Waals surface area contributed by atoms with Crippen molar-refractivity contribution in [3.05, 3.63) is 112 Å². The monoisotopic (exact) mass is 664 g/mol. The molecule has 0 bridgehead atoms. The topological polar surface area (TPSA) is 138 Å². The molecule has 4 rings (SSSR count). The summed E-state index contributed by atoms with van der Waals surface area (Å²) in [7, 11) is -2.48. The third-order valence-corrected chi connectivity index (χ3v) is 10.0. The fourth-order valence-electron chi connectivity index (χ4n) is 4.86. The Bertz CT molecular complexity index is 1710. The molecule has 0 spiro atoms. The van der Waals surface area contributed by atoms with Gasteiger partial charge >= 0.3 is 0 Å². The second-order valence-electron chi connectivity index (χ2n) is 11.4. The summed E-state index contributed by atoms with van der Waals surface area (Å²) in [6.07, 6.45) is -1.01. The zero-order chi connectivity index (χ0) is 33.3. The lowest BCUT2D eigenvalue weighted by Gasteiger charge is -2.31. The SMILES string of the molecule is COc1ccc(S(=O)(=O)N(CC(C)C)C[C@@H](O)[C@H](Cc2ccccc2)NC(=O)c2cccc(C(=O)NCc3nc(C)cs3)c2)cc1. The highest BCUT2D eigenvalue weighted by Gasteiger charge is 2.31. The van der Waals surface area contributed by atoms with Crippen LogP contribution in [0.1, 0.15) is 50.8 Å². The summed E-state index contributed by atoms with van der Waals surface area (Å²) < 4.78 is 33.9. The van der Waals surface area contributed by atoms with Crippen molar-refractivity contribution in [3.63, 3.8) is 0 Å². The number of carbonyl (C=O) groups excluding carboxylic acids is 2. The Morgan fingerprint density at radius 3 is 2.24 bits per heavy atom. The summed E-state index contributed by atoms with van der Waals surface area (Å²) in [6, 6.07) is 20.9. The summed E-state index contributed by atoms with van der Waals surface area (Å²) in [6.45, 7) is 5.86. The van der Waals surface area contributed by atoms with Gasteiger partial charge in [-0.15, -0.1) is 11.3 Å². The van der Waals surface area contributed by atoms with E-state index in [1.807, 2.05) is 56.5 Å². The fraction of sp³-hybridized carbons (Fsp3) is 0.324. The molecule has 0 radical (unpaired) electrons. The number of methoxy groups -OCH3 is 1. The lowest BCUT2D eigenvalue weighted by molar-refractivity contribution is 0.0776. The number of aliphatic hydroxyl groups is 1. The standard InChI is InChI=1S/C34H40N4O6S2/c1-23(2)20-38(46(42,43)29-15-13-28(44-4)14-16-29)21-31(39)30(17-25-9-6-5-7-10-25)37-34(41)27-12-8-11-26(18-27)33(40)35-19-32-36-24(3)22-45-32/h5-16,18,22-23,30-31,39H,17,19-21H2,1-4H3,(H,35,40)(H,37,41)/t30-,31+/m0/s1. The number of thiazole rings is 1. The molecule has 0 saturated carbocycles. The van der Waals surface area contributed by atoms with Gasteiger partial charge in [0.2, 0.25) is 10.0 Å².